The monoisotopic (exact) mass is 499 g/mol. The van der Waals surface area contributed by atoms with Crippen molar-refractivity contribution >= 4 is 39.8 Å². The maximum absolute atomic E-state index is 12.3. The number of para-hydroxylation sites is 1. The number of carbonyl (C=O) groups is 1. The van der Waals surface area contributed by atoms with Gasteiger partial charge in [-0.1, -0.05) is 24.8 Å². The predicted octanol–water partition coefficient (Wildman–Crippen LogP) is 4.51. The van der Waals surface area contributed by atoms with Gasteiger partial charge in [-0.3, -0.25) is 4.79 Å². The number of aromatic nitrogens is 3. The number of methoxy groups -OCH3 is 1. The molecule has 0 spiro atoms. The Hall–Kier alpha value is -4.37. The minimum absolute atomic E-state index is 0.310. The Bertz CT molecular complexity index is 1430. The van der Waals surface area contributed by atoms with Crippen LogP contribution in [-0.4, -0.2) is 66.7 Å². The van der Waals surface area contributed by atoms with Crippen molar-refractivity contribution < 1.29 is 9.53 Å². The maximum Gasteiger partial charge on any atom is 0.247 e. The van der Waals surface area contributed by atoms with Crippen molar-refractivity contribution in [1.29, 1.82) is 0 Å². The van der Waals surface area contributed by atoms with Crippen LogP contribution in [0.1, 0.15) is 0 Å². The predicted molar refractivity (Wildman–Crippen MR) is 151 cm³/mol. The van der Waals surface area contributed by atoms with E-state index in [1.807, 2.05) is 58.5 Å². The molecule has 2 N–H and O–H groups in total. The van der Waals surface area contributed by atoms with Crippen LogP contribution < -0.4 is 20.3 Å². The van der Waals surface area contributed by atoms with Crippen molar-refractivity contribution in [1.82, 2.24) is 19.4 Å². The maximum atomic E-state index is 12.3. The molecule has 0 bridgehead atoms. The molecule has 4 aromatic rings. The molecule has 1 amide bonds. The van der Waals surface area contributed by atoms with Crippen LogP contribution in [0.15, 0.2) is 67.5 Å². The summed E-state index contributed by atoms with van der Waals surface area (Å²) in [5.41, 5.74) is 5.01. The van der Waals surface area contributed by atoms with Gasteiger partial charge in [0, 0.05) is 67.8 Å². The highest BCUT2D eigenvalue weighted by Crippen LogP contribution is 2.39. The molecule has 2 aromatic heterocycles. The molecule has 2 aromatic carbocycles. The summed E-state index contributed by atoms with van der Waals surface area (Å²) in [4.78, 5) is 25.6. The lowest BCUT2D eigenvalue weighted by molar-refractivity contribution is -0.111. The molecular weight excluding hydrogens is 466 g/mol. The number of anilines is 4. The molecule has 0 aliphatic rings. The molecule has 0 unspecified atom stereocenters. The zero-order valence-corrected chi connectivity index (χ0v) is 21.9. The minimum Gasteiger partial charge on any atom is -0.494 e. The van der Waals surface area contributed by atoms with Gasteiger partial charge < -0.3 is 29.7 Å². The summed E-state index contributed by atoms with van der Waals surface area (Å²) in [5.74, 6) is 0.730. The summed E-state index contributed by atoms with van der Waals surface area (Å²) in [5, 5.41) is 7.31. The molecule has 192 valence electrons. The van der Waals surface area contributed by atoms with E-state index in [9.17, 15) is 4.79 Å². The number of nitrogens with zero attached hydrogens (tertiary/aromatic N) is 5. The molecule has 0 saturated heterocycles. The zero-order chi connectivity index (χ0) is 26.5. The molecule has 2 heterocycles. The Balaban J connectivity index is 1.70. The van der Waals surface area contributed by atoms with E-state index >= 15 is 0 Å². The zero-order valence-electron chi connectivity index (χ0n) is 21.9. The van der Waals surface area contributed by atoms with Gasteiger partial charge in [-0.25, -0.2) is 9.97 Å². The summed E-state index contributed by atoms with van der Waals surface area (Å²) < 4.78 is 7.82. The first-order valence-electron chi connectivity index (χ1n) is 12.0. The highest BCUT2D eigenvalue weighted by Gasteiger charge is 2.18. The molecule has 0 saturated carbocycles. The Morgan fingerprint density at radius 2 is 1.95 bits per heavy atom. The summed E-state index contributed by atoms with van der Waals surface area (Å²) in [6, 6.07) is 13.8. The van der Waals surface area contributed by atoms with Crippen LogP contribution in [0, 0.1) is 0 Å². The highest BCUT2D eigenvalue weighted by molar-refractivity contribution is 6.02. The number of ether oxygens (including phenoxy) is 1. The Labute approximate surface area is 217 Å². The number of rotatable bonds is 10. The Morgan fingerprint density at radius 1 is 1.16 bits per heavy atom. The van der Waals surface area contributed by atoms with Gasteiger partial charge in [0.1, 0.15) is 11.4 Å². The summed E-state index contributed by atoms with van der Waals surface area (Å²) >= 11 is 0. The van der Waals surface area contributed by atoms with Crippen molar-refractivity contribution in [2.24, 2.45) is 7.05 Å². The van der Waals surface area contributed by atoms with Crippen molar-refractivity contribution in [3.63, 3.8) is 0 Å². The van der Waals surface area contributed by atoms with Gasteiger partial charge in [0.15, 0.2) is 0 Å². The van der Waals surface area contributed by atoms with E-state index in [1.54, 1.807) is 13.3 Å². The van der Waals surface area contributed by atoms with E-state index < -0.39 is 0 Å². The van der Waals surface area contributed by atoms with E-state index in [2.05, 4.69) is 54.9 Å². The van der Waals surface area contributed by atoms with Crippen LogP contribution in [0.5, 0.6) is 5.75 Å². The lowest BCUT2D eigenvalue weighted by atomic mass is 10.1. The van der Waals surface area contributed by atoms with Crippen molar-refractivity contribution in [2.75, 3.05) is 56.9 Å². The van der Waals surface area contributed by atoms with E-state index in [4.69, 9.17) is 9.72 Å². The summed E-state index contributed by atoms with van der Waals surface area (Å²) in [6.45, 7) is 5.16. The molecule has 9 heteroatoms. The first kappa shape index (κ1) is 25.7. The molecule has 0 aliphatic heterocycles. The standard InChI is InChI=1S/C28H33N7O2/c1-7-26(36)31-23-16-19(17-25(37-6)27(23)34(4)15-14-33(2)3)30-28-29-13-12-22(32-28)21-18-35(5)24-11-9-8-10-20(21)24/h7-13,16-18H,1,14-15H2,2-6H3,(H,31,36)(H,29,30,32). The Kier molecular flexibility index (Phi) is 7.74. The third-order valence-electron chi connectivity index (χ3n) is 6.09. The van der Waals surface area contributed by atoms with E-state index in [-0.39, 0.29) is 5.91 Å². The average Bonchev–Trinajstić information content (AvgIpc) is 3.23. The van der Waals surface area contributed by atoms with E-state index in [1.165, 1.54) is 6.08 Å². The lowest BCUT2D eigenvalue weighted by Crippen LogP contribution is -2.29. The van der Waals surface area contributed by atoms with Crippen molar-refractivity contribution in [3.8, 4) is 17.0 Å². The quantitative estimate of drug-likeness (QED) is 0.311. The topological polar surface area (TPSA) is 87.5 Å². The van der Waals surface area contributed by atoms with Gasteiger partial charge in [0.2, 0.25) is 11.9 Å². The third-order valence-corrected chi connectivity index (χ3v) is 6.09. The largest absolute Gasteiger partial charge is 0.494 e. The SMILES string of the molecule is C=CC(=O)Nc1cc(Nc2nccc(-c3cn(C)c4ccccc34)n2)cc(OC)c1N(C)CCN(C)C. The van der Waals surface area contributed by atoms with Crippen molar-refractivity contribution in [3.05, 3.63) is 67.5 Å². The summed E-state index contributed by atoms with van der Waals surface area (Å²) in [6.07, 6.45) is 5.04. The van der Waals surface area contributed by atoms with Gasteiger partial charge in [-0.05, 0) is 38.4 Å². The van der Waals surface area contributed by atoms with Crippen LogP contribution in [0.25, 0.3) is 22.2 Å². The molecule has 0 radical (unpaired) electrons. The number of nitrogens with one attached hydrogen (secondary N) is 2. The number of benzene rings is 2. The number of fused-ring (bicyclic) bond motifs is 1. The lowest BCUT2D eigenvalue weighted by Gasteiger charge is -2.27. The van der Waals surface area contributed by atoms with Gasteiger partial charge in [-0.2, -0.15) is 0 Å². The van der Waals surface area contributed by atoms with Crippen LogP contribution in [0.4, 0.5) is 23.0 Å². The van der Waals surface area contributed by atoms with Crippen LogP contribution >= 0.6 is 0 Å². The molecule has 37 heavy (non-hydrogen) atoms. The normalized spacial score (nSPS) is 11.0. The number of amides is 1. The van der Waals surface area contributed by atoms with Gasteiger partial charge in [0.25, 0.3) is 0 Å². The van der Waals surface area contributed by atoms with Crippen LogP contribution in [0.2, 0.25) is 0 Å². The first-order valence-corrected chi connectivity index (χ1v) is 12.0. The van der Waals surface area contributed by atoms with Gasteiger partial charge in [0.05, 0.1) is 18.5 Å². The fraction of sp³-hybridized carbons (Fsp3) is 0.250. The van der Waals surface area contributed by atoms with Gasteiger partial charge >= 0.3 is 0 Å². The Morgan fingerprint density at radius 3 is 2.68 bits per heavy atom. The fourth-order valence-electron chi connectivity index (χ4n) is 4.21. The third kappa shape index (κ3) is 5.73. The molecule has 0 aliphatic carbocycles. The van der Waals surface area contributed by atoms with Crippen molar-refractivity contribution in [2.45, 2.75) is 0 Å². The molecule has 0 fully saturated rings. The second kappa shape index (κ2) is 11.1. The number of hydrogen-bond acceptors (Lipinski definition) is 7. The smallest absolute Gasteiger partial charge is 0.247 e. The van der Waals surface area contributed by atoms with E-state index in [0.29, 0.717) is 23.1 Å². The minimum atomic E-state index is -0.310. The number of aryl methyl sites for hydroxylation is 1. The second-order valence-electron chi connectivity index (χ2n) is 9.05. The van der Waals surface area contributed by atoms with Crippen LogP contribution in [-0.2, 0) is 11.8 Å². The molecule has 0 atom stereocenters. The van der Waals surface area contributed by atoms with E-state index in [0.717, 1.165) is 40.9 Å². The fourth-order valence-corrected chi connectivity index (χ4v) is 4.21. The molecule has 9 nitrogen and oxygen atoms in total. The van der Waals surface area contributed by atoms with Crippen LogP contribution in [0.3, 0.4) is 0 Å². The average molecular weight is 500 g/mol. The number of hydrogen-bond donors (Lipinski definition) is 2. The molecule has 4 rings (SSSR count). The summed E-state index contributed by atoms with van der Waals surface area (Å²) in [7, 11) is 9.64. The first-order chi connectivity index (χ1) is 17.8. The molecular formula is C28H33N7O2. The number of carbonyl (C=O) groups excluding carboxylic acids is 1. The second-order valence-corrected chi connectivity index (χ2v) is 9.05. The number of likely N-dealkylation sites (N-methyl/N-ethyl adjacent to an activating group) is 2. The van der Waals surface area contributed by atoms with Gasteiger partial charge in [-0.15, -0.1) is 0 Å². The highest BCUT2D eigenvalue weighted by atomic mass is 16.5.